The van der Waals surface area contributed by atoms with Gasteiger partial charge in [0, 0.05) is 0 Å². The Morgan fingerprint density at radius 1 is 0.471 bits per heavy atom. The molecule has 0 aliphatic heterocycles. The first-order chi connectivity index (χ1) is 33.1. The van der Waals surface area contributed by atoms with Crippen molar-refractivity contribution in [3.63, 3.8) is 0 Å². The van der Waals surface area contributed by atoms with E-state index in [4.69, 9.17) is 10.8 Å². The third kappa shape index (κ3) is 18.1. The zero-order valence-electron chi connectivity index (χ0n) is 40.7. The summed E-state index contributed by atoms with van der Waals surface area (Å²) in [6.07, 6.45) is 6.65. The SMILES string of the molecule is Cc1ccc(P(c2ccc(C)cc2)c2ccc(C)cc2)cc1.Fc1[c-]c(F)c(F)c(F)c1F.[C-]#CC#CC#CC(C)(C)O[Si](CC)(CC)CC.[Pt+2].c1ccc(P(c2ccccc2)c2ccccc2)cc1. The molecule has 0 amide bonds. The second kappa shape index (κ2) is 29.7. The van der Waals surface area contributed by atoms with Gasteiger partial charge in [-0.2, -0.15) is 0 Å². The van der Waals surface area contributed by atoms with E-state index in [-0.39, 0.29) is 21.1 Å². The molecule has 0 spiro atoms. The molecular weight excluding hydrogens is 1120 g/mol. The molecule has 0 saturated heterocycles. The summed E-state index contributed by atoms with van der Waals surface area (Å²) in [5.74, 6) is 2.62. The van der Waals surface area contributed by atoms with E-state index in [2.05, 4.69) is 229 Å². The van der Waals surface area contributed by atoms with Crippen molar-refractivity contribution in [3.8, 4) is 29.6 Å². The first kappa shape index (κ1) is 58.9. The minimum atomic E-state index is -2.17. The molecule has 0 N–H and O–H groups in total. The Hall–Kier alpha value is -5.40. The van der Waals surface area contributed by atoms with Crippen LogP contribution in [-0.2, 0) is 25.5 Å². The molecule has 70 heavy (non-hydrogen) atoms. The fraction of sp³-hybridized carbons (Fsp3) is 0.200. The molecular formula is C60H57F5OP2PtSi. The summed E-state index contributed by atoms with van der Waals surface area (Å²) in [6, 6.07) is 63.7. The number of hydrogen-bond donors (Lipinski definition) is 0. The fourth-order valence-corrected chi connectivity index (χ4v) is 14.6. The van der Waals surface area contributed by atoms with Crippen LogP contribution in [0.1, 0.15) is 51.3 Å². The van der Waals surface area contributed by atoms with E-state index in [1.165, 1.54) is 48.5 Å². The largest absolute Gasteiger partial charge is 2.00 e. The van der Waals surface area contributed by atoms with Crippen LogP contribution >= 0.6 is 15.8 Å². The van der Waals surface area contributed by atoms with Crippen LogP contribution in [0, 0.1) is 91.9 Å². The summed E-state index contributed by atoms with van der Waals surface area (Å²) in [4.78, 5) is 0. The molecule has 0 saturated carbocycles. The van der Waals surface area contributed by atoms with Gasteiger partial charge in [-0.3, -0.25) is 14.7 Å². The van der Waals surface area contributed by atoms with Gasteiger partial charge in [0.2, 0.25) is 0 Å². The molecule has 0 radical (unpaired) electrons. The van der Waals surface area contributed by atoms with Gasteiger partial charge in [0.15, 0.2) is 8.32 Å². The van der Waals surface area contributed by atoms with E-state index >= 15 is 0 Å². The quantitative estimate of drug-likeness (QED) is 0.0239. The number of aryl methyl sites for hydroxylation is 3. The molecule has 7 aromatic carbocycles. The number of halogens is 5. The van der Waals surface area contributed by atoms with Crippen molar-refractivity contribution in [2.75, 3.05) is 0 Å². The molecule has 0 aliphatic rings. The topological polar surface area (TPSA) is 9.23 Å². The molecule has 1 nitrogen and oxygen atoms in total. The predicted molar refractivity (Wildman–Crippen MR) is 285 cm³/mol. The first-order valence-corrected chi connectivity index (χ1v) is 27.8. The smallest absolute Gasteiger partial charge is 0.401 e. The van der Waals surface area contributed by atoms with Crippen LogP contribution in [0.2, 0.25) is 18.1 Å². The minimum absolute atomic E-state index is 0. The Balaban J connectivity index is 0.000000252. The molecule has 7 rings (SSSR count). The van der Waals surface area contributed by atoms with Gasteiger partial charge in [0.25, 0.3) is 0 Å². The van der Waals surface area contributed by atoms with Crippen LogP contribution in [0.4, 0.5) is 22.0 Å². The van der Waals surface area contributed by atoms with Crippen LogP contribution in [0.15, 0.2) is 164 Å². The van der Waals surface area contributed by atoms with Crippen LogP contribution in [-0.4, -0.2) is 13.9 Å². The van der Waals surface area contributed by atoms with Crippen molar-refractivity contribution < 1.29 is 47.4 Å². The Kier molecular flexibility index (Phi) is 25.0. The standard InChI is InChI=1S/C21H21P.C18H15P.C15H21OSi.C6F5.Pt/c1-16-4-10-19(11-5-16)22(20-12-6-17(2)7-13-20)21-14-8-18(3)9-15-21;1-4-10-16(11-5-1)19(17-12-6-2-7-13-17)18-14-8-3-9-15-18;1-7-11-12-13-14-15(5,6)16-17(8-2,9-3)10-4;7-2-1-3(8)5(10)6(11)4(2)9;/h4-15H,1-3H3;1-15H;8-10H2,2-6H3;;/q;;2*-1;+2. The third-order valence-corrected chi connectivity index (χ3v) is 20.6. The van der Waals surface area contributed by atoms with Crippen LogP contribution in [0.5, 0.6) is 0 Å². The summed E-state index contributed by atoms with van der Waals surface area (Å²) < 4.78 is 66.1. The van der Waals surface area contributed by atoms with E-state index in [0.717, 1.165) is 24.2 Å². The molecule has 0 unspecified atom stereocenters. The zero-order chi connectivity index (χ0) is 50.4. The van der Waals surface area contributed by atoms with Gasteiger partial charge in [-0.25, -0.2) is 19.1 Å². The molecule has 0 atom stereocenters. The first-order valence-electron chi connectivity index (χ1n) is 22.6. The summed E-state index contributed by atoms with van der Waals surface area (Å²) >= 11 is 0. The number of benzene rings is 7. The maximum Gasteiger partial charge on any atom is 2.00 e. The van der Waals surface area contributed by atoms with Crippen molar-refractivity contribution in [1.29, 1.82) is 0 Å². The van der Waals surface area contributed by atoms with Crippen LogP contribution in [0.25, 0.3) is 0 Å². The average Bonchev–Trinajstić information content (AvgIpc) is 3.37. The summed E-state index contributed by atoms with van der Waals surface area (Å²) in [5.41, 5.74) is 3.48. The molecule has 0 aromatic heterocycles. The van der Waals surface area contributed by atoms with Crippen molar-refractivity contribution in [2.45, 2.75) is 79.1 Å². The Morgan fingerprint density at radius 3 is 1.06 bits per heavy atom. The van der Waals surface area contributed by atoms with Crippen LogP contribution < -0.4 is 31.8 Å². The van der Waals surface area contributed by atoms with Crippen molar-refractivity contribution in [1.82, 2.24) is 0 Å². The zero-order valence-corrected chi connectivity index (χ0v) is 45.8. The third-order valence-electron chi connectivity index (χ3n) is 10.9. The minimum Gasteiger partial charge on any atom is -0.401 e. The van der Waals surface area contributed by atoms with Gasteiger partial charge < -0.3 is 10.8 Å². The molecule has 0 bridgehead atoms. The van der Waals surface area contributed by atoms with Gasteiger partial charge in [-0.15, -0.1) is 12.0 Å². The van der Waals surface area contributed by atoms with Crippen molar-refractivity contribution in [3.05, 3.63) is 222 Å². The number of hydrogen-bond acceptors (Lipinski definition) is 1. The molecule has 0 heterocycles. The monoisotopic (exact) mass is 1170 g/mol. The van der Waals surface area contributed by atoms with E-state index in [0.29, 0.717) is 0 Å². The molecule has 362 valence electrons. The van der Waals surface area contributed by atoms with Gasteiger partial charge in [0.05, 0.1) is 29.1 Å². The normalized spacial score (nSPS) is 10.5. The van der Waals surface area contributed by atoms with Crippen LogP contribution in [0.3, 0.4) is 0 Å². The maximum atomic E-state index is 12.0. The van der Waals surface area contributed by atoms with E-state index < -0.39 is 58.8 Å². The van der Waals surface area contributed by atoms with Crippen molar-refractivity contribution >= 4 is 56.0 Å². The van der Waals surface area contributed by atoms with Crippen molar-refractivity contribution in [2.24, 2.45) is 0 Å². The summed E-state index contributed by atoms with van der Waals surface area (Å²) in [6.45, 7) is 17.0. The Labute approximate surface area is 431 Å². The van der Waals surface area contributed by atoms with E-state index in [9.17, 15) is 22.0 Å². The molecule has 0 aliphatic carbocycles. The fourth-order valence-electron chi connectivity index (χ4n) is 6.98. The number of rotatable bonds is 11. The predicted octanol–water partition coefficient (Wildman–Crippen LogP) is 13.4. The van der Waals surface area contributed by atoms with E-state index in [1.54, 1.807) is 0 Å². The summed E-state index contributed by atoms with van der Waals surface area (Å²) in [7, 11) is -2.55. The van der Waals surface area contributed by atoms with Gasteiger partial charge in [-0.1, -0.05) is 207 Å². The van der Waals surface area contributed by atoms with Gasteiger partial charge >= 0.3 is 21.1 Å². The molecule has 0 fully saturated rings. The van der Waals surface area contributed by atoms with E-state index in [1.807, 2.05) is 19.8 Å². The van der Waals surface area contributed by atoms with Gasteiger partial charge in [-0.05, 0) is 106 Å². The van der Waals surface area contributed by atoms with Gasteiger partial charge in [0.1, 0.15) is 5.60 Å². The second-order valence-corrected chi connectivity index (χ2v) is 25.5. The average molecular weight is 1170 g/mol. The maximum absolute atomic E-state index is 12.0. The Bertz CT molecular complexity index is 2590. The molecule has 10 heteroatoms. The molecule has 7 aromatic rings. The second-order valence-electron chi connectivity index (χ2n) is 16.4. The summed E-state index contributed by atoms with van der Waals surface area (Å²) in [5, 5.41) is 8.43. The Morgan fingerprint density at radius 2 is 0.771 bits per heavy atom.